The maximum atomic E-state index is 12.9. The van der Waals surface area contributed by atoms with Crippen LogP contribution in [0.2, 0.25) is 10.0 Å². The van der Waals surface area contributed by atoms with Crippen LogP contribution < -0.4 is 5.32 Å². The summed E-state index contributed by atoms with van der Waals surface area (Å²) in [6.07, 6.45) is -1.21. The number of amides is 1. The monoisotopic (exact) mass is 501 g/mol. The minimum atomic E-state index is -3.92. The zero-order valence-corrected chi connectivity index (χ0v) is 20.3. The van der Waals surface area contributed by atoms with Crippen LogP contribution >= 0.6 is 23.2 Å². The lowest BCUT2D eigenvalue weighted by molar-refractivity contribution is -0.145. The summed E-state index contributed by atoms with van der Waals surface area (Å²) in [5.74, 6) is -1.23. The standard InChI is InChI=1S/C22H25Cl2NO6S/c1-22(2,3)31-21(27)25-16(11-20(26)30-13-15-7-5-4-6-8-15)14-32(28,29)17-9-10-18(23)19(24)12-17/h4-10,12,16H,11,13-14H2,1-3H3,(H,25,27)/t16-/m0/s1. The van der Waals surface area contributed by atoms with E-state index in [4.69, 9.17) is 32.7 Å². The number of nitrogens with one attached hydrogen (secondary N) is 1. The molecule has 0 unspecified atom stereocenters. The van der Waals surface area contributed by atoms with E-state index in [-0.39, 0.29) is 28.0 Å². The van der Waals surface area contributed by atoms with E-state index in [0.29, 0.717) is 0 Å². The number of carbonyl (C=O) groups excluding carboxylic acids is 2. The van der Waals surface area contributed by atoms with Gasteiger partial charge in [0.05, 0.1) is 33.2 Å². The number of hydrogen-bond acceptors (Lipinski definition) is 6. The number of ether oxygens (including phenoxy) is 2. The summed E-state index contributed by atoms with van der Waals surface area (Å²) < 4.78 is 36.2. The minimum absolute atomic E-state index is 0.0262. The molecule has 0 radical (unpaired) electrons. The Morgan fingerprint density at radius 1 is 1.03 bits per heavy atom. The zero-order valence-electron chi connectivity index (χ0n) is 17.9. The number of rotatable bonds is 8. The maximum Gasteiger partial charge on any atom is 0.407 e. The lowest BCUT2D eigenvalue weighted by atomic mass is 10.2. The molecular weight excluding hydrogens is 477 g/mol. The smallest absolute Gasteiger partial charge is 0.407 e. The second-order valence-corrected chi connectivity index (χ2v) is 10.9. The molecule has 0 saturated carbocycles. The predicted molar refractivity (Wildman–Crippen MR) is 123 cm³/mol. The van der Waals surface area contributed by atoms with Crippen molar-refractivity contribution in [2.45, 2.75) is 50.3 Å². The minimum Gasteiger partial charge on any atom is -0.461 e. The molecule has 0 aliphatic carbocycles. The van der Waals surface area contributed by atoms with Gasteiger partial charge in [0.15, 0.2) is 9.84 Å². The first-order valence-electron chi connectivity index (χ1n) is 9.72. The van der Waals surface area contributed by atoms with E-state index in [2.05, 4.69) is 5.32 Å². The third-order valence-electron chi connectivity index (χ3n) is 4.05. The van der Waals surface area contributed by atoms with E-state index in [1.54, 1.807) is 45.0 Å². The van der Waals surface area contributed by atoms with Gasteiger partial charge < -0.3 is 14.8 Å². The molecule has 174 valence electrons. The molecule has 0 aliphatic rings. The predicted octanol–water partition coefficient (Wildman–Crippen LogP) is 4.79. The molecule has 0 bridgehead atoms. The van der Waals surface area contributed by atoms with Gasteiger partial charge in [0, 0.05) is 0 Å². The Morgan fingerprint density at radius 3 is 2.28 bits per heavy atom. The molecule has 2 aromatic carbocycles. The third-order valence-corrected chi connectivity index (χ3v) is 6.60. The van der Waals surface area contributed by atoms with Crippen LogP contribution in [0.5, 0.6) is 0 Å². The van der Waals surface area contributed by atoms with E-state index in [0.717, 1.165) is 5.56 Å². The number of hydrogen-bond donors (Lipinski definition) is 1. The third kappa shape index (κ3) is 8.68. The van der Waals surface area contributed by atoms with Crippen molar-refractivity contribution in [2.24, 2.45) is 0 Å². The Hall–Kier alpha value is -2.29. The van der Waals surface area contributed by atoms with Crippen molar-refractivity contribution in [1.82, 2.24) is 5.32 Å². The number of alkyl carbamates (subject to hydrolysis) is 1. The molecular formula is C22H25Cl2NO6S. The second kappa shape index (κ2) is 11.0. The van der Waals surface area contributed by atoms with E-state index in [1.165, 1.54) is 18.2 Å². The molecule has 1 amide bonds. The van der Waals surface area contributed by atoms with Gasteiger partial charge in [0.2, 0.25) is 0 Å². The number of carbonyl (C=O) groups is 2. The quantitative estimate of drug-likeness (QED) is 0.521. The van der Waals surface area contributed by atoms with E-state index in [1.807, 2.05) is 6.07 Å². The maximum absolute atomic E-state index is 12.9. The van der Waals surface area contributed by atoms with Crippen molar-refractivity contribution >= 4 is 45.1 Å². The highest BCUT2D eigenvalue weighted by molar-refractivity contribution is 7.91. The van der Waals surface area contributed by atoms with Crippen LogP contribution in [0.3, 0.4) is 0 Å². The molecule has 0 saturated heterocycles. The molecule has 7 nitrogen and oxygen atoms in total. The topological polar surface area (TPSA) is 98.8 Å². The molecule has 0 fully saturated rings. The molecule has 10 heteroatoms. The van der Waals surface area contributed by atoms with Crippen LogP contribution in [-0.2, 0) is 30.7 Å². The zero-order chi connectivity index (χ0) is 23.9. The summed E-state index contributed by atoms with van der Waals surface area (Å²) >= 11 is 11.8. The van der Waals surface area contributed by atoms with Crippen LogP contribution in [0.1, 0.15) is 32.8 Å². The van der Waals surface area contributed by atoms with E-state index in [9.17, 15) is 18.0 Å². The molecule has 0 aromatic heterocycles. The number of esters is 1. The van der Waals surface area contributed by atoms with Crippen molar-refractivity contribution in [1.29, 1.82) is 0 Å². The first-order valence-corrected chi connectivity index (χ1v) is 12.1. The van der Waals surface area contributed by atoms with Gasteiger partial charge in [0.1, 0.15) is 12.2 Å². The van der Waals surface area contributed by atoms with Crippen LogP contribution in [0, 0.1) is 0 Å². The Labute approximate surface area is 197 Å². The van der Waals surface area contributed by atoms with Crippen molar-refractivity contribution in [3.05, 3.63) is 64.1 Å². The summed E-state index contributed by atoms with van der Waals surface area (Å²) in [5, 5.41) is 2.74. The van der Waals surface area contributed by atoms with Gasteiger partial charge in [-0.15, -0.1) is 0 Å². The number of halogens is 2. The fourth-order valence-electron chi connectivity index (χ4n) is 2.66. The average Bonchev–Trinajstić information content (AvgIpc) is 2.67. The number of benzene rings is 2. The highest BCUT2D eigenvalue weighted by atomic mass is 35.5. The Bertz CT molecular complexity index is 1050. The highest BCUT2D eigenvalue weighted by Gasteiger charge is 2.28. The van der Waals surface area contributed by atoms with Gasteiger partial charge in [0.25, 0.3) is 0 Å². The van der Waals surface area contributed by atoms with Crippen molar-refractivity contribution in [3.63, 3.8) is 0 Å². The summed E-state index contributed by atoms with van der Waals surface area (Å²) in [7, 11) is -3.92. The Morgan fingerprint density at radius 2 is 1.69 bits per heavy atom. The summed E-state index contributed by atoms with van der Waals surface area (Å²) in [4.78, 5) is 24.5. The molecule has 0 spiro atoms. The lowest BCUT2D eigenvalue weighted by Crippen LogP contribution is -2.44. The van der Waals surface area contributed by atoms with Crippen LogP contribution in [0.25, 0.3) is 0 Å². The van der Waals surface area contributed by atoms with Crippen LogP contribution in [0.4, 0.5) is 4.79 Å². The molecule has 0 aliphatic heterocycles. The number of sulfone groups is 1. The largest absolute Gasteiger partial charge is 0.461 e. The Kier molecular flexibility index (Phi) is 8.95. The van der Waals surface area contributed by atoms with Crippen molar-refractivity contribution in [3.8, 4) is 0 Å². The molecule has 32 heavy (non-hydrogen) atoms. The SMILES string of the molecule is CC(C)(C)OC(=O)N[C@@H](CC(=O)OCc1ccccc1)CS(=O)(=O)c1ccc(Cl)c(Cl)c1. The van der Waals surface area contributed by atoms with Gasteiger partial charge in [-0.25, -0.2) is 13.2 Å². The van der Waals surface area contributed by atoms with Gasteiger partial charge in [-0.1, -0.05) is 53.5 Å². The van der Waals surface area contributed by atoms with Crippen molar-refractivity contribution < 1.29 is 27.5 Å². The lowest BCUT2D eigenvalue weighted by Gasteiger charge is -2.23. The fourth-order valence-corrected chi connectivity index (χ4v) is 4.51. The first-order chi connectivity index (χ1) is 14.9. The van der Waals surface area contributed by atoms with E-state index < -0.39 is 39.3 Å². The summed E-state index contributed by atoms with van der Waals surface area (Å²) in [6.45, 7) is 5.03. The van der Waals surface area contributed by atoms with Crippen LogP contribution in [0.15, 0.2) is 53.4 Å². The van der Waals surface area contributed by atoms with Gasteiger partial charge in [-0.3, -0.25) is 4.79 Å². The van der Waals surface area contributed by atoms with E-state index >= 15 is 0 Å². The normalized spacial score (nSPS) is 12.7. The molecule has 1 atom stereocenters. The average molecular weight is 502 g/mol. The second-order valence-electron chi connectivity index (χ2n) is 8.05. The first kappa shape index (κ1) is 26.0. The molecule has 1 N–H and O–H groups in total. The van der Waals surface area contributed by atoms with Gasteiger partial charge in [-0.2, -0.15) is 0 Å². The summed E-state index contributed by atoms with van der Waals surface area (Å²) in [5.41, 5.74) is -0.0219. The van der Waals surface area contributed by atoms with Crippen LogP contribution in [-0.4, -0.2) is 37.9 Å². The van der Waals surface area contributed by atoms with Gasteiger partial charge >= 0.3 is 12.1 Å². The Balaban J connectivity index is 2.14. The molecule has 2 rings (SSSR count). The molecule has 0 heterocycles. The molecule has 2 aromatic rings. The highest BCUT2D eigenvalue weighted by Crippen LogP contribution is 2.26. The summed E-state index contributed by atoms with van der Waals surface area (Å²) in [6, 6.07) is 11.8. The van der Waals surface area contributed by atoms with Crippen molar-refractivity contribution in [2.75, 3.05) is 5.75 Å². The fraction of sp³-hybridized carbons (Fsp3) is 0.364. The van der Waals surface area contributed by atoms with Gasteiger partial charge in [-0.05, 0) is 44.5 Å².